The molecule has 312 valence electrons. The first-order chi connectivity index (χ1) is 28.9. The lowest BCUT2D eigenvalue weighted by Crippen LogP contribution is -2.45. The number of oxime groups is 1. The van der Waals surface area contributed by atoms with Gasteiger partial charge >= 0.3 is 11.9 Å². The summed E-state index contributed by atoms with van der Waals surface area (Å²) in [5, 5.41) is 22.7. The lowest BCUT2D eigenvalue weighted by Gasteiger charge is -2.36. The third kappa shape index (κ3) is 11.3. The molecule has 5 aromatic rings. The summed E-state index contributed by atoms with van der Waals surface area (Å²) in [4.78, 5) is 53.2. The Hall–Kier alpha value is -6.54. The van der Waals surface area contributed by atoms with E-state index in [0.717, 1.165) is 27.8 Å². The molecule has 0 atom stereocenters. The molecule has 2 heterocycles. The molecule has 60 heavy (non-hydrogen) atoms. The number of thiazole rings is 1. The number of carbonyl (C=O) groups excluding carboxylic acids is 2. The summed E-state index contributed by atoms with van der Waals surface area (Å²) < 4.78 is 11.3. The predicted molar refractivity (Wildman–Crippen MR) is 232 cm³/mol. The normalized spacial score (nSPS) is 13.2. The first-order valence-corrected chi connectivity index (χ1v) is 20.7. The van der Waals surface area contributed by atoms with Crippen LogP contribution >= 0.6 is 11.3 Å². The molecule has 3 N–H and O–H groups in total. The minimum Gasteiger partial charge on any atom is -0.490 e. The van der Waals surface area contributed by atoms with Crippen LogP contribution in [0.15, 0.2) is 125 Å². The number of aliphatic imine (C=N–C) groups is 1. The molecule has 14 heteroatoms. The Morgan fingerprint density at radius 1 is 0.867 bits per heavy atom. The minimum atomic E-state index is -1.27. The van der Waals surface area contributed by atoms with Crippen molar-refractivity contribution in [2.75, 3.05) is 31.6 Å². The van der Waals surface area contributed by atoms with Gasteiger partial charge in [0, 0.05) is 38.4 Å². The maximum absolute atomic E-state index is 12.4. The molecule has 1 aliphatic heterocycles. The largest absolute Gasteiger partial charge is 0.490 e. The number of esters is 1. The zero-order valence-corrected chi connectivity index (χ0v) is 35.0. The van der Waals surface area contributed by atoms with Gasteiger partial charge in [-0.15, -0.1) is 11.3 Å². The Kier molecular flexibility index (Phi) is 14.3. The van der Waals surface area contributed by atoms with Crippen LogP contribution in [0.3, 0.4) is 0 Å². The second-order valence-electron chi connectivity index (χ2n) is 15.1. The molecule has 4 aromatic carbocycles. The third-order valence-corrected chi connectivity index (χ3v) is 10.2. The van der Waals surface area contributed by atoms with Crippen molar-refractivity contribution in [3.63, 3.8) is 0 Å². The number of nitrogens with zero attached hydrogens (tertiary/aromatic N) is 4. The van der Waals surface area contributed by atoms with Crippen LogP contribution in [-0.4, -0.2) is 76.4 Å². The van der Waals surface area contributed by atoms with Crippen molar-refractivity contribution >= 4 is 46.0 Å². The van der Waals surface area contributed by atoms with Crippen LogP contribution in [0.25, 0.3) is 0 Å². The van der Waals surface area contributed by atoms with Crippen molar-refractivity contribution in [3.8, 4) is 5.75 Å². The number of guanidine groups is 1. The summed E-state index contributed by atoms with van der Waals surface area (Å²) in [5.74, 6) is -0.663. The maximum Gasteiger partial charge on any atom is 0.360 e. The van der Waals surface area contributed by atoms with Crippen molar-refractivity contribution < 1.29 is 33.8 Å². The van der Waals surface area contributed by atoms with Crippen molar-refractivity contribution in [1.29, 1.82) is 0 Å². The fourth-order valence-electron chi connectivity index (χ4n) is 6.86. The highest BCUT2D eigenvalue weighted by Crippen LogP contribution is 2.40. The van der Waals surface area contributed by atoms with E-state index in [1.165, 1.54) is 18.3 Å². The molecule has 0 aliphatic carbocycles. The molecule has 0 bridgehead atoms. The molecular weight excluding hydrogens is 781 g/mol. The van der Waals surface area contributed by atoms with E-state index in [4.69, 9.17) is 14.3 Å². The van der Waals surface area contributed by atoms with Gasteiger partial charge in [0.1, 0.15) is 29.2 Å². The van der Waals surface area contributed by atoms with Gasteiger partial charge in [-0.1, -0.05) is 102 Å². The van der Waals surface area contributed by atoms with Gasteiger partial charge in [-0.3, -0.25) is 19.9 Å². The number of rotatable bonds is 16. The molecule has 0 spiro atoms. The summed E-state index contributed by atoms with van der Waals surface area (Å²) in [6.07, 6.45) is 1.43. The Morgan fingerprint density at radius 2 is 1.50 bits per heavy atom. The van der Waals surface area contributed by atoms with E-state index in [0.29, 0.717) is 49.3 Å². The van der Waals surface area contributed by atoms with Crippen LogP contribution in [0, 0.1) is 0 Å². The average Bonchev–Trinajstić information content (AvgIpc) is 3.70. The molecule has 0 unspecified atom stereocenters. The number of nitrogens with one attached hydrogen (secondary N) is 2. The van der Waals surface area contributed by atoms with Crippen LogP contribution in [0.5, 0.6) is 5.75 Å². The number of hydrogen-bond acceptors (Lipinski definition) is 11. The van der Waals surface area contributed by atoms with Gasteiger partial charge in [0.05, 0.1) is 0 Å². The van der Waals surface area contributed by atoms with E-state index < -0.39 is 17.1 Å². The van der Waals surface area contributed by atoms with Crippen molar-refractivity contribution in [2.45, 2.75) is 64.6 Å². The highest BCUT2D eigenvalue weighted by molar-refractivity contribution is 7.14. The molecule has 1 aromatic heterocycles. The highest BCUT2D eigenvalue weighted by Gasteiger charge is 2.37. The van der Waals surface area contributed by atoms with E-state index in [9.17, 15) is 19.5 Å². The van der Waals surface area contributed by atoms with Crippen LogP contribution in [-0.2, 0) is 42.5 Å². The fraction of sp³-hybridized carbons (Fsp3) is 0.304. The molecule has 0 saturated heterocycles. The third-order valence-electron chi connectivity index (χ3n) is 9.46. The van der Waals surface area contributed by atoms with E-state index >= 15 is 0 Å². The van der Waals surface area contributed by atoms with Crippen LogP contribution < -0.4 is 15.4 Å². The van der Waals surface area contributed by atoms with E-state index in [1.807, 2.05) is 98.5 Å². The molecule has 0 saturated carbocycles. The van der Waals surface area contributed by atoms with Gasteiger partial charge in [-0.2, -0.15) is 0 Å². The number of carboxylic acid groups (broad SMARTS) is 1. The van der Waals surface area contributed by atoms with Gasteiger partial charge in [-0.05, 0) is 73.6 Å². The number of carbonyl (C=O) groups is 3. The monoisotopic (exact) mass is 830 g/mol. The van der Waals surface area contributed by atoms with Gasteiger partial charge in [0.2, 0.25) is 17.6 Å². The Bertz CT molecular complexity index is 2200. The lowest BCUT2D eigenvalue weighted by atomic mass is 9.77. The first kappa shape index (κ1) is 43.0. The zero-order chi connectivity index (χ0) is 42.5. The summed E-state index contributed by atoms with van der Waals surface area (Å²) in [6.45, 7) is 8.59. The minimum absolute atomic E-state index is 0.000483. The van der Waals surface area contributed by atoms with Crippen LogP contribution in [0.1, 0.15) is 74.0 Å². The van der Waals surface area contributed by atoms with Crippen LogP contribution in [0.2, 0.25) is 0 Å². The summed E-state index contributed by atoms with van der Waals surface area (Å²) in [7, 11) is 0. The van der Waals surface area contributed by atoms with E-state index in [-0.39, 0.29) is 42.9 Å². The summed E-state index contributed by atoms with van der Waals surface area (Å²) >= 11 is 1.28. The fourth-order valence-corrected chi connectivity index (χ4v) is 7.61. The van der Waals surface area contributed by atoms with E-state index in [1.54, 1.807) is 5.38 Å². The average molecular weight is 831 g/mol. The van der Waals surface area contributed by atoms with Crippen molar-refractivity contribution in [3.05, 3.63) is 148 Å². The number of amides is 1. The van der Waals surface area contributed by atoms with Crippen molar-refractivity contribution in [2.24, 2.45) is 10.1 Å². The van der Waals surface area contributed by atoms with Crippen LogP contribution in [0.4, 0.5) is 5.13 Å². The number of aromatic nitrogens is 1. The number of fused-ring (bicyclic) bond motifs is 1. The number of hydrogen-bond donors (Lipinski definition) is 3. The molecule has 1 aliphatic rings. The Balaban J connectivity index is 1.07. The lowest BCUT2D eigenvalue weighted by molar-refractivity contribution is -0.154. The topological polar surface area (TPSA) is 164 Å². The zero-order valence-electron chi connectivity index (χ0n) is 34.2. The Labute approximate surface area is 354 Å². The van der Waals surface area contributed by atoms with Gasteiger partial charge in [-0.25, -0.2) is 9.78 Å². The predicted octanol–water partition coefficient (Wildman–Crippen LogP) is 7.40. The quantitative estimate of drug-likeness (QED) is 0.0228. The number of aliphatic carboxylic acids is 1. The van der Waals surface area contributed by atoms with Crippen molar-refractivity contribution in [1.82, 2.24) is 15.2 Å². The molecular formula is C46H50N6O7S. The second kappa shape index (κ2) is 19.9. The first-order valence-electron chi connectivity index (χ1n) is 19.8. The molecule has 0 radical (unpaired) electrons. The maximum atomic E-state index is 12.4. The summed E-state index contributed by atoms with van der Waals surface area (Å²) in [5.41, 5.74) is 3.59. The molecule has 6 rings (SSSR count). The van der Waals surface area contributed by atoms with Gasteiger partial charge in [0.25, 0.3) is 0 Å². The standard InChI is InChI=1S/C46H50N6O7S/c1-32(53)48-43(47-25-14-21-40(54)59-45(2,3)4)52-26-24-33-29-38(23-22-34(33)30-52)57-27-28-58-51-41(42(55)56)39-31-60-44(49-39)50-46(35-15-8-5-9-16-35,36-17-10-6-11-18-36)37-19-12-7-13-20-37/h5-13,15-20,22-23,29,31H,14,21,24-28,30H2,1-4H3,(H,49,50)(H,55,56)(H,47,48,53)/b51-41-. The number of anilines is 1. The smallest absolute Gasteiger partial charge is 0.360 e. The summed E-state index contributed by atoms with van der Waals surface area (Å²) in [6, 6.07) is 36.0. The molecule has 1 amide bonds. The van der Waals surface area contributed by atoms with E-state index in [2.05, 4.69) is 62.2 Å². The number of ether oxygens (including phenoxy) is 2. The highest BCUT2D eigenvalue weighted by atomic mass is 32.1. The Morgan fingerprint density at radius 3 is 2.08 bits per heavy atom. The molecule has 13 nitrogen and oxygen atoms in total. The van der Waals surface area contributed by atoms with Gasteiger partial charge in [0.15, 0.2) is 11.7 Å². The number of benzene rings is 4. The van der Waals surface area contributed by atoms with Gasteiger partial charge < -0.3 is 29.6 Å². The second-order valence-corrected chi connectivity index (χ2v) is 16.0. The molecule has 0 fully saturated rings. The SMILES string of the molecule is CC(=O)NC(=NCCCC(=O)OC(C)(C)C)N1CCc2cc(OCCO/N=C(\C(=O)O)c3csc(NC(c4ccccc4)(c4ccccc4)c4ccccc4)n3)ccc2C1. The number of carboxylic acids is 1.